The van der Waals surface area contributed by atoms with Gasteiger partial charge in [0, 0.05) is 0 Å². The Morgan fingerprint density at radius 3 is 1.12 bits per heavy atom. The Kier molecular flexibility index (Phi) is 13.5. The van der Waals surface area contributed by atoms with Gasteiger partial charge in [0.2, 0.25) is 0 Å². The Morgan fingerprint density at radius 1 is 0.600 bits per heavy atom. The van der Waals surface area contributed by atoms with E-state index in [1.807, 2.05) is 60.7 Å². The van der Waals surface area contributed by atoms with E-state index in [1.54, 1.807) is 0 Å². The van der Waals surface area contributed by atoms with Crippen molar-refractivity contribution in [2.75, 3.05) is 11.4 Å². The van der Waals surface area contributed by atoms with Crippen LogP contribution in [0.5, 0.6) is 0 Å². The second-order valence-electron chi connectivity index (χ2n) is 4.95. The molecule has 4 rings (SSSR count). The second kappa shape index (κ2) is 14.6. The average Bonchev–Trinajstić information content (AvgIpc) is 3.40. The fraction of sp³-hybridized carbons (Fsp3) is 0.0909. The van der Waals surface area contributed by atoms with Crippen molar-refractivity contribution in [1.29, 1.82) is 0 Å². The zero-order chi connectivity index (χ0) is 16.2. The van der Waals surface area contributed by atoms with Gasteiger partial charge in [0.1, 0.15) is 0 Å². The first-order chi connectivity index (χ1) is 11.4. The monoisotopic (exact) mass is 413 g/mol. The molecule has 0 aliphatic rings. The van der Waals surface area contributed by atoms with Crippen LogP contribution in [0.3, 0.4) is 0 Å². The van der Waals surface area contributed by atoms with Gasteiger partial charge in [0.15, 0.2) is 0 Å². The number of hydrogen-bond acceptors (Lipinski definition) is 1. The third-order valence-electron chi connectivity index (χ3n) is 3.34. The molecule has 0 saturated carbocycles. The van der Waals surface area contributed by atoms with Gasteiger partial charge in [0.05, 0.1) is 0 Å². The molecule has 0 aromatic heterocycles. The molecule has 0 radical (unpaired) electrons. The smallest absolute Gasteiger partial charge is 0.500 e. The normalized spacial score (nSPS) is 8.52. The first-order valence-corrected chi connectivity index (χ1v) is 7.96. The molecule has 1 nitrogen and oxygen atoms in total. The Bertz CT molecular complexity index is 568. The molecule has 25 heavy (non-hydrogen) atoms. The summed E-state index contributed by atoms with van der Waals surface area (Å²) in [7, 11) is 0. The molecule has 3 heteroatoms. The molecule has 0 fully saturated rings. The van der Waals surface area contributed by atoms with Crippen LogP contribution in [0.15, 0.2) is 109 Å². The molecule has 0 saturated heterocycles. The van der Waals surface area contributed by atoms with Crippen LogP contribution in [-0.4, -0.2) is 6.54 Å². The molecule has 0 amide bonds. The maximum atomic E-state index is 2.29. The Hall–Kier alpha value is -1.76. The molecule has 0 unspecified atom stereocenters. The minimum atomic E-state index is 0. The summed E-state index contributed by atoms with van der Waals surface area (Å²) in [5.74, 6) is 0. The van der Waals surface area contributed by atoms with E-state index in [2.05, 4.69) is 60.4 Å². The predicted molar refractivity (Wildman–Crippen MR) is 101 cm³/mol. The zero-order valence-electron chi connectivity index (χ0n) is 14.3. The van der Waals surface area contributed by atoms with Crippen LogP contribution in [0.1, 0.15) is 6.92 Å². The second-order valence-corrected chi connectivity index (χ2v) is 4.95. The van der Waals surface area contributed by atoms with Gasteiger partial charge in [-0.1, -0.05) is 12.1 Å². The number of hydrogen-bond donors (Lipinski definition) is 0. The maximum absolute atomic E-state index is 2.29. The van der Waals surface area contributed by atoms with Crippen LogP contribution in [0.4, 0.5) is 11.4 Å². The number of nitrogens with zero attached hydrogens (tertiary/aromatic N) is 1. The molecule has 0 N–H and O–H groups in total. The SMILES string of the molecule is CCN([c-]1cccc1)[c-]1cccc1.[Fe+2].[Fe+2].c1cc[cH-]c1.c1cc[cH-]c1. The van der Waals surface area contributed by atoms with Crippen molar-refractivity contribution < 1.29 is 34.1 Å². The molecule has 0 heterocycles. The van der Waals surface area contributed by atoms with E-state index >= 15 is 0 Å². The van der Waals surface area contributed by atoms with Gasteiger partial charge in [-0.25, -0.2) is 36.4 Å². The third-order valence-corrected chi connectivity index (χ3v) is 3.34. The molecular formula is C22H23Fe2N. The van der Waals surface area contributed by atoms with Crippen molar-refractivity contribution in [1.82, 2.24) is 0 Å². The summed E-state index contributed by atoms with van der Waals surface area (Å²) in [5, 5.41) is 0. The van der Waals surface area contributed by atoms with E-state index in [0.29, 0.717) is 0 Å². The van der Waals surface area contributed by atoms with Gasteiger partial charge in [-0.05, 0) is 13.5 Å². The average molecular weight is 413 g/mol. The van der Waals surface area contributed by atoms with Crippen LogP contribution in [-0.2, 0) is 34.1 Å². The standard InChI is InChI=1S/C12H13N.2C5H5.2Fe/c1-2-13(11-7-3-4-8-11)12-9-5-6-10-12;2*1-2-4-5-3-1;;/h3-10H,2H2,1H3;2*1-5H;;/q-2;2*-1;2*+2. The first kappa shape index (κ1) is 23.2. The van der Waals surface area contributed by atoms with Gasteiger partial charge in [-0.2, -0.15) is 36.4 Å². The van der Waals surface area contributed by atoms with Gasteiger partial charge in [0.25, 0.3) is 0 Å². The topological polar surface area (TPSA) is 3.24 Å². The van der Waals surface area contributed by atoms with Crippen molar-refractivity contribution >= 4 is 11.4 Å². The van der Waals surface area contributed by atoms with E-state index in [-0.39, 0.29) is 34.1 Å². The molecule has 0 bridgehead atoms. The van der Waals surface area contributed by atoms with E-state index in [0.717, 1.165) is 6.54 Å². The van der Waals surface area contributed by atoms with Gasteiger partial charge in [-0.3, -0.25) is 12.1 Å². The van der Waals surface area contributed by atoms with E-state index < -0.39 is 0 Å². The van der Waals surface area contributed by atoms with Gasteiger partial charge >= 0.3 is 34.1 Å². The maximum Gasteiger partial charge on any atom is 2.00 e. The zero-order valence-corrected chi connectivity index (χ0v) is 16.5. The Labute approximate surface area is 172 Å². The Morgan fingerprint density at radius 2 is 0.920 bits per heavy atom. The summed E-state index contributed by atoms with van der Waals surface area (Å²) < 4.78 is 0. The van der Waals surface area contributed by atoms with Crippen LogP contribution in [0.25, 0.3) is 0 Å². The molecule has 0 aliphatic carbocycles. The van der Waals surface area contributed by atoms with E-state index in [1.165, 1.54) is 11.4 Å². The summed E-state index contributed by atoms with van der Waals surface area (Å²) in [5.41, 5.74) is 2.54. The molecular weight excluding hydrogens is 390 g/mol. The predicted octanol–water partition coefficient (Wildman–Crippen LogP) is 6.09. The van der Waals surface area contributed by atoms with Crippen LogP contribution in [0.2, 0.25) is 0 Å². The van der Waals surface area contributed by atoms with Crippen molar-refractivity contribution in [3.63, 3.8) is 0 Å². The summed E-state index contributed by atoms with van der Waals surface area (Å²) >= 11 is 0. The number of rotatable bonds is 3. The molecule has 4 aromatic rings. The van der Waals surface area contributed by atoms with Crippen molar-refractivity contribution in [3.8, 4) is 0 Å². The fourth-order valence-corrected chi connectivity index (χ4v) is 2.24. The molecule has 4 aromatic carbocycles. The van der Waals surface area contributed by atoms with Crippen molar-refractivity contribution in [2.24, 2.45) is 0 Å². The fourth-order valence-electron chi connectivity index (χ4n) is 2.24. The quantitative estimate of drug-likeness (QED) is 0.290. The molecule has 0 atom stereocenters. The molecule has 0 aliphatic heterocycles. The van der Waals surface area contributed by atoms with Gasteiger partial charge in [-0.15, -0.1) is 23.5 Å². The minimum Gasteiger partial charge on any atom is -0.500 e. The van der Waals surface area contributed by atoms with Crippen LogP contribution < -0.4 is 4.90 Å². The third kappa shape index (κ3) is 8.76. The Balaban J connectivity index is 0.000000400. The summed E-state index contributed by atoms with van der Waals surface area (Å²) in [6.07, 6.45) is 0. The summed E-state index contributed by atoms with van der Waals surface area (Å²) in [4.78, 5) is 2.29. The molecule has 0 spiro atoms. The van der Waals surface area contributed by atoms with Crippen molar-refractivity contribution in [3.05, 3.63) is 109 Å². The van der Waals surface area contributed by atoms with Crippen LogP contribution in [0, 0.1) is 0 Å². The number of anilines is 2. The molecule has 132 valence electrons. The minimum absolute atomic E-state index is 0. The van der Waals surface area contributed by atoms with E-state index in [9.17, 15) is 0 Å². The van der Waals surface area contributed by atoms with Crippen molar-refractivity contribution in [2.45, 2.75) is 6.92 Å². The van der Waals surface area contributed by atoms with E-state index in [4.69, 9.17) is 0 Å². The summed E-state index contributed by atoms with van der Waals surface area (Å²) in [6.45, 7) is 3.17. The first-order valence-electron chi connectivity index (χ1n) is 7.96. The largest absolute Gasteiger partial charge is 2.00 e. The summed E-state index contributed by atoms with van der Waals surface area (Å²) in [6, 6.07) is 36.8. The van der Waals surface area contributed by atoms with Gasteiger partial charge < -0.3 is 4.90 Å². The van der Waals surface area contributed by atoms with Crippen LogP contribution >= 0.6 is 0 Å².